The average molecular weight is 317 g/mol. The zero-order valence-corrected chi connectivity index (χ0v) is 13.4. The summed E-state index contributed by atoms with van der Waals surface area (Å²) in [5.74, 6) is 0.153. The molecule has 0 atom stereocenters. The Labute approximate surface area is 140 Å². The molecule has 3 aromatic rings. The molecule has 2 aromatic heterocycles. The quantitative estimate of drug-likeness (QED) is 0.721. The van der Waals surface area contributed by atoms with Crippen LogP contribution in [0.2, 0.25) is 0 Å². The molecule has 2 aliphatic heterocycles. The number of pyridine rings is 1. The first kappa shape index (κ1) is 13.8. The molecule has 4 heterocycles. The zero-order chi connectivity index (χ0) is 16.1. The molecule has 4 nitrogen and oxygen atoms in total. The van der Waals surface area contributed by atoms with Gasteiger partial charge in [0.15, 0.2) is 0 Å². The number of benzene rings is 1. The molecule has 2 fully saturated rings. The van der Waals surface area contributed by atoms with Crippen LogP contribution in [-0.4, -0.2) is 32.5 Å². The lowest BCUT2D eigenvalue weighted by atomic mass is 10.0. The number of hydrogen-bond donors (Lipinski definition) is 0. The molecule has 0 spiro atoms. The van der Waals surface area contributed by atoms with E-state index in [-0.39, 0.29) is 5.91 Å². The van der Waals surface area contributed by atoms with Crippen molar-refractivity contribution in [1.29, 1.82) is 0 Å². The molecule has 1 amide bonds. The molecule has 0 aliphatic carbocycles. The van der Waals surface area contributed by atoms with Gasteiger partial charge in [-0.25, -0.2) is 4.52 Å². The maximum Gasteiger partial charge on any atom is 0.258 e. The van der Waals surface area contributed by atoms with E-state index in [0.29, 0.717) is 12.1 Å². The Balaban J connectivity index is 1.60. The van der Waals surface area contributed by atoms with Crippen molar-refractivity contribution < 1.29 is 4.79 Å². The normalized spacial score (nSPS) is 22.4. The van der Waals surface area contributed by atoms with Crippen LogP contribution in [0.25, 0.3) is 16.8 Å². The van der Waals surface area contributed by atoms with Gasteiger partial charge >= 0.3 is 0 Å². The Morgan fingerprint density at radius 1 is 0.917 bits per heavy atom. The predicted molar refractivity (Wildman–Crippen MR) is 92.8 cm³/mol. The molecule has 1 aromatic carbocycles. The van der Waals surface area contributed by atoms with Crippen molar-refractivity contribution in [3.63, 3.8) is 0 Å². The molecule has 0 unspecified atom stereocenters. The second kappa shape index (κ2) is 5.20. The first-order valence-corrected chi connectivity index (χ1v) is 8.68. The average Bonchev–Trinajstić information content (AvgIpc) is 3.35. The lowest BCUT2D eigenvalue weighted by Gasteiger charge is -2.21. The summed E-state index contributed by atoms with van der Waals surface area (Å²) in [6.07, 6.45) is 6.37. The van der Waals surface area contributed by atoms with Crippen molar-refractivity contribution in [3.8, 4) is 11.3 Å². The maximum absolute atomic E-state index is 13.1. The summed E-state index contributed by atoms with van der Waals surface area (Å²) < 4.78 is 1.89. The Hall–Kier alpha value is -2.62. The van der Waals surface area contributed by atoms with Gasteiger partial charge in [0.2, 0.25) is 0 Å². The third kappa shape index (κ3) is 1.92. The molecular weight excluding hydrogens is 298 g/mol. The molecule has 2 aliphatic rings. The van der Waals surface area contributed by atoms with Gasteiger partial charge in [-0.3, -0.25) is 4.79 Å². The number of nitrogens with zero attached hydrogens (tertiary/aromatic N) is 3. The van der Waals surface area contributed by atoms with Gasteiger partial charge in [0.25, 0.3) is 5.91 Å². The van der Waals surface area contributed by atoms with Gasteiger partial charge in [0, 0.05) is 17.6 Å². The number of fused-ring (bicyclic) bond motifs is 3. The van der Waals surface area contributed by atoms with E-state index in [1.54, 1.807) is 6.20 Å². The summed E-state index contributed by atoms with van der Waals surface area (Å²) in [7, 11) is 0. The summed E-state index contributed by atoms with van der Waals surface area (Å²) >= 11 is 0. The van der Waals surface area contributed by atoms with E-state index in [4.69, 9.17) is 0 Å². The van der Waals surface area contributed by atoms with Gasteiger partial charge in [0.1, 0.15) is 0 Å². The molecular formula is C20H19N3O. The molecule has 120 valence electrons. The summed E-state index contributed by atoms with van der Waals surface area (Å²) in [6.45, 7) is 0. The minimum atomic E-state index is 0.153. The fraction of sp³-hybridized carbons (Fsp3) is 0.300. The topological polar surface area (TPSA) is 37.6 Å². The number of carbonyl (C=O) groups excluding carboxylic acids is 1. The van der Waals surface area contributed by atoms with Gasteiger partial charge in [-0.1, -0.05) is 36.4 Å². The van der Waals surface area contributed by atoms with E-state index in [2.05, 4.69) is 22.1 Å². The van der Waals surface area contributed by atoms with Crippen molar-refractivity contribution in [2.45, 2.75) is 37.8 Å². The highest BCUT2D eigenvalue weighted by atomic mass is 16.2. The van der Waals surface area contributed by atoms with Crippen molar-refractivity contribution in [2.75, 3.05) is 0 Å². The third-order valence-electron chi connectivity index (χ3n) is 5.53. The van der Waals surface area contributed by atoms with Crippen molar-refractivity contribution in [2.24, 2.45) is 0 Å². The van der Waals surface area contributed by atoms with Crippen LogP contribution >= 0.6 is 0 Å². The monoisotopic (exact) mass is 317 g/mol. The molecule has 24 heavy (non-hydrogen) atoms. The highest BCUT2D eigenvalue weighted by Crippen LogP contribution is 2.38. The van der Waals surface area contributed by atoms with Gasteiger partial charge in [-0.05, 0) is 37.8 Å². The SMILES string of the molecule is O=C(c1cnn2c(-c3ccccc3)cccc12)N1C2CCC1CC2. The molecule has 4 heteroatoms. The lowest BCUT2D eigenvalue weighted by Crippen LogP contribution is -2.35. The molecule has 5 rings (SSSR count). The summed E-state index contributed by atoms with van der Waals surface area (Å²) in [5.41, 5.74) is 3.74. The minimum Gasteiger partial charge on any atom is -0.333 e. The van der Waals surface area contributed by atoms with Crippen LogP contribution in [0.4, 0.5) is 0 Å². The first-order chi connectivity index (χ1) is 11.8. The van der Waals surface area contributed by atoms with Crippen LogP contribution in [0.3, 0.4) is 0 Å². The van der Waals surface area contributed by atoms with E-state index in [9.17, 15) is 4.79 Å². The Kier molecular flexibility index (Phi) is 2.98. The predicted octanol–water partition coefficient (Wildman–Crippen LogP) is 3.77. The number of rotatable bonds is 2. The second-order valence-electron chi connectivity index (χ2n) is 6.81. The smallest absolute Gasteiger partial charge is 0.258 e. The molecule has 2 saturated heterocycles. The van der Waals surface area contributed by atoms with Crippen molar-refractivity contribution in [1.82, 2.24) is 14.5 Å². The highest BCUT2D eigenvalue weighted by molar-refractivity contribution is 6.01. The lowest BCUT2D eigenvalue weighted by molar-refractivity contribution is 0.0732. The van der Waals surface area contributed by atoms with Crippen LogP contribution in [0.1, 0.15) is 36.0 Å². The van der Waals surface area contributed by atoms with Crippen molar-refractivity contribution >= 4 is 11.4 Å². The fourth-order valence-corrected chi connectivity index (χ4v) is 4.39. The van der Waals surface area contributed by atoms with Crippen LogP contribution in [0, 0.1) is 0 Å². The van der Waals surface area contributed by atoms with Crippen LogP contribution in [0.5, 0.6) is 0 Å². The molecule has 0 radical (unpaired) electrons. The molecule has 0 saturated carbocycles. The molecule has 2 bridgehead atoms. The van der Waals surface area contributed by atoms with Crippen molar-refractivity contribution in [3.05, 3.63) is 60.3 Å². The Morgan fingerprint density at radius 3 is 2.33 bits per heavy atom. The second-order valence-corrected chi connectivity index (χ2v) is 6.81. The third-order valence-corrected chi connectivity index (χ3v) is 5.53. The van der Waals surface area contributed by atoms with E-state index >= 15 is 0 Å². The number of amides is 1. The Bertz CT molecular complexity index is 895. The minimum absolute atomic E-state index is 0.153. The van der Waals surface area contributed by atoms with Gasteiger partial charge in [-0.15, -0.1) is 0 Å². The summed E-state index contributed by atoms with van der Waals surface area (Å²) in [4.78, 5) is 15.2. The van der Waals surface area contributed by atoms with Gasteiger partial charge < -0.3 is 4.90 Å². The van der Waals surface area contributed by atoms with E-state index in [0.717, 1.165) is 48.0 Å². The number of aromatic nitrogens is 2. The largest absolute Gasteiger partial charge is 0.333 e. The Morgan fingerprint density at radius 2 is 1.62 bits per heavy atom. The maximum atomic E-state index is 13.1. The standard InChI is InChI=1S/C20H19N3O/c24-20(22-15-9-10-16(22)12-11-15)17-13-21-23-18(7-4-8-19(17)23)14-5-2-1-3-6-14/h1-8,13,15-16H,9-12H2. The van der Waals surface area contributed by atoms with Crippen LogP contribution in [-0.2, 0) is 0 Å². The number of carbonyl (C=O) groups is 1. The van der Waals surface area contributed by atoms with E-state index in [1.807, 2.05) is 40.9 Å². The summed E-state index contributed by atoms with van der Waals surface area (Å²) in [6, 6.07) is 17.1. The highest BCUT2D eigenvalue weighted by Gasteiger charge is 2.42. The first-order valence-electron chi connectivity index (χ1n) is 8.68. The number of hydrogen-bond acceptors (Lipinski definition) is 2. The van der Waals surface area contributed by atoms with E-state index < -0.39 is 0 Å². The van der Waals surface area contributed by atoms with Crippen LogP contribution in [0.15, 0.2) is 54.7 Å². The van der Waals surface area contributed by atoms with Gasteiger partial charge in [0.05, 0.1) is 23.0 Å². The van der Waals surface area contributed by atoms with Crippen LogP contribution < -0.4 is 0 Å². The fourth-order valence-electron chi connectivity index (χ4n) is 4.39. The summed E-state index contributed by atoms with van der Waals surface area (Å²) in [5, 5.41) is 4.53. The molecule has 0 N–H and O–H groups in total. The van der Waals surface area contributed by atoms with E-state index in [1.165, 1.54) is 0 Å². The zero-order valence-electron chi connectivity index (χ0n) is 13.4. The van der Waals surface area contributed by atoms with Gasteiger partial charge in [-0.2, -0.15) is 5.10 Å².